The topological polar surface area (TPSA) is 51.2 Å². The molecule has 0 saturated heterocycles. The summed E-state index contributed by atoms with van der Waals surface area (Å²) in [7, 11) is 1.62. The molecule has 24 heavy (non-hydrogen) atoms. The average molecular weight is 339 g/mol. The van der Waals surface area contributed by atoms with E-state index in [0.717, 1.165) is 16.9 Å². The van der Waals surface area contributed by atoms with E-state index in [0.29, 0.717) is 16.3 Å². The van der Waals surface area contributed by atoms with E-state index in [1.165, 1.54) is 6.20 Å². The molecule has 0 aliphatic rings. The van der Waals surface area contributed by atoms with Crippen LogP contribution in [0.2, 0.25) is 5.02 Å². The number of halogens is 1. The SMILES string of the molecule is COc1ccc(-c2cncc(C(=O)Nc3cccc(Cl)c3)c2)cc1. The highest BCUT2D eigenvalue weighted by Crippen LogP contribution is 2.23. The summed E-state index contributed by atoms with van der Waals surface area (Å²) in [6.45, 7) is 0. The predicted molar refractivity (Wildman–Crippen MR) is 95.6 cm³/mol. The molecule has 0 spiro atoms. The van der Waals surface area contributed by atoms with Crippen LogP contribution in [0.4, 0.5) is 5.69 Å². The summed E-state index contributed by atoms with van der Waals surface area (Å²) in [5.41, 5.74) is 2.93. The fourth-order valence-electron chi connectivity index (χ4n) is 2.27. The molecule has 0 aliphatic carbocycles. The van der Waals surface area contributed by atoms with Crippen molar-refractivity contribution in [2.24, 2.45) is 0 Å². The summed E-state index contributed by atoms with van der Waals surface area (Å²) in [5, 5.41) is 3.38. The summed E-state index contributed by atoms with van der Waals surface area (Å²) < 4.78 is 5.15. The van der Waals surface area contributed by atoms with E-state index in [4.69, 9.17) is 16.3 Å². The van der Waals surface area contributed by atoms with Gasteiger partial charge in [0.05, 0.1) is 12.7 Å². The molecule has 0 fully saturated rings. The van der Waals surface area contributed by atoms with Gasteiger partial charge in [-0.2, -0.15) is 0 Å². The Morgan fingerprint density at radius 3 is 2.54 bits per heavy atom. The number of benzene rings is 2. The summed E-state index contributed by atoms with van der Waals surface area (Å²) >= 11 is 5.93. The Kier molecular flexibility index (Phi) is 4.77. The third-order valence-electron chi connectivity index (χ3n) is 3.51. The number of nitrogens with one attached hydrogen (secondary N) is 1. The maximum absolute atomic E-state index is 12.4. The first-order valence-corrected chi connectivity index (χ1v) is 7.70. The van der Waals surface area contributed by atoms with Crippen molar-refractivity contribution in [2.45, 2.75) is 0 Å². The fraction of sp³-hybridized carbons (Fsp3) is 0.0526. The smallest absolute Gasteiger partial charge is 0.257 e. The van der Waals surface area contributed by atoms with Gasteiger partial charge in [-0.25, -0.2) is 0 Å². The van der Waals surface area contributed by atoms with Crippen LogP contribution < -0.4 is 10.1 Å². The Bertz CT molecular complexity index is 863. The zero-order valence-corrected chi connectivity index (χ0v) is 13.7. The van der Waals surface area contributed by atoms with Crippen molar-refractivity contribution in [1.29, 1.82) is 0 Å². The minimum atomic E-state index is -0.236. The fourth-order valence-corrected chi connectivity index (χ4v) is 2.47. The number of rotatable bonds is 4. The molecule has 3 rings (SSSR count). The van der Waals surface area contributed by atoms with Crippen LogP contribution in [0.1, 0.15) is 10.4 Å². The molecule has 0 unspecified atom stereocenters. The Balaban J connectivity index is 1.82. The molecule has 3 aromatic rings. The van der Waals surface area contributed by atoms with Crippen molar-refractivity contribution >= 4 is 23.2 Å². The maximum atomic E-state index is 12.4. The van der Waals surface area contributed by atoms with Gasteiger partial charge in [-0.3, -0.25) is 9.78 Å². The molecule has 5 heteroatoms. The number of amides is 1. The van der Waals surface area contributed by atoms with Gasteiger partial charge in [0, 0.05) is 28.7 Å². The number of carbonyl (C=O) groups is 1. The third kappa shape index (κ3) is 3.73. The quantitative estimate of drug-likeness (QED) is 0.752. The lowest BCUT2D eigenvalue weighted by Crippen LogP contribution is -2.12. The van der Waals surface area contributed by atoms with Crippen LogP contribution in [0.25, 0.3) is 11.1 Å². The Morgan fingerprint density at radius 1 is 1.04 bits per heavy atom. The number of anilines is 1. The molecule has 0 aliphatic heterocycles. The van der Waals surface area contributed by atoms with Crippen molar-refractivity contribution in [3.8, 4) is 16.9 Å². The van der Waals surface area contributed by atoms with Crippen LogP contribution in [0.3, 0.4) is 0 Å². The minimum Gasteiger partial charge on any atom is -0.497 e. The largest absolute Gasteiger partial charge is 0.497 e. The first kappa shape index (κ1) is 16.0. The molecule has 1 aromatic heterocycles. The van der Waals surface area contributed by atoms with Gasteiger partial charge in [-0.05, 0) is 42.0 Å². The summed E-state index contributed by atoms with van der Waals surface area (Å²) in [4.78, 5) is 16.6. The molecular formula is C19H15ClN2O2. The molecule has 0 radical (unpaired) electrons. The van der Waals surface area contributed by atoms with Crippen LogP contribution in [-0.4, -0.2) is 18.0 Å². The van der Waals surface area contributed by atoms with Crippen LogP contribution in [0.15, 0.2) is 67.0 Å². The maximum Gasteiger partial charge on any atom is 0.257 e. The lowest BCUT2D eigenvalue weighted by Gasteiger charge is -2.08. The summed E-state index contributed by atoms with van der Waals surface area (Å²) in [6.07, 6.45) is 3.25. The number of methoxy groups -OCH3 is 1. The van der Waals surface area contributed by atoms with Crippen molar-refractivity contribution < 1.29 is 9.53 Å². The zero-order valence-electron chi connectivity index (χ0n) is 13.0. The van der Waals surface area contributed by atoms with E-state index >= 15 is 0 Å². The molecule has 1 amide bonds. The first-order chi connectivity index (χ1) is 11.7. The van der Waals surface area contributed by atoms with E-state index in [1.54, 1.807) is 43.6 Å². The van der Waals surface area contributed by atoms with Gasteiger partial charge in [0.2, 0.25) is 0 Å². The van der Waals surface area contributed by atoms with E-state index in [-0.39, 0.29) is 5.91 Å². The normalized spacial score (nSPS) is 10.2. The number of pyridine rings is 1. The Morgan fingerprint density at radius 2 is 1.83 bits per heavy atom. The second-order valence-electron chi connectivity index (χ2n) is 5.16. The van der Waals surface area contributed by atoms with Crippen molar-refractivity contribution in [3.63, 3.8) is 0 Å². The first-order valence-electron chi connectivity index (χ1n) is 7.32. The van der Waals surface area contributed by atoms with Crippen molar-refractivity contribution in [3.05, 3.63) is 77.6 Å². The highest BCUT2D eigenvalue weighted by molar-refractivity contribution is 6.30. The number of hydrogen-bond acceptors (Lipinski definition) is 3. The average Bonchev–Trinajstić information content (AvgIpc) is 2.62. The summed E-state index contributed by atoms with van der Waals surface area (Å²) in [5.74, 6) is 0.543. The summed E-state index contributed by atoms with van der Waals surface area (Å²) in [6, 6.07) is 16.4. The van der Waals surface area contributed by atoms with Crippen LogP contribution in [0, 0.1) is 0 Å². The monoisotopic (exact) mass is 338 g/mol. The zero-order chi connectivity index (χ0) is 16.9. The molecule has 1 heterocycles. The third-order valence-corrected chi connectivity index (χ3v) is 3.74. The van der Waals surface area contributed by atoms with Gasteiger partial charge in [-0.1, -0.05) is 29.8 Å². The number of hydrogen-bond donors (Lipinski definition) is 1. The van der Waals surface area contributed by atoms with Gasteiger partial charge >= 0.3 is 0 Å². The highest BCUT2D eigenvalue weighted by Gasteiger charge is 2.09. The predicted octanol–water partition coefficient (Wildman–Crippen LogP) is 4.66. The highest BCUT2D eigenvalue weighted by atomic mass is 35.5. The van der Waals surface area contributed by atoms with E-state index < -0.39 is 0 Å². The number of nitrogens with zero attached hydrogens (tertiary/aromatic N) is 1. The van der Waals surface area contributed by atoms with Gasteiger partial charge in [0.25, 0.3) is 5.91 Å². The number of carbonyl (C=O) groups excluding carboxylic acids is 1. The van der Waals surface area contributed by atoms with Crippen LogP contribution in [0.5, 0.6) is 5.75 Å². The molecule has 2 aromatic carbocycles. The van der Waals surface area contributed by atoms with Crippen LogP contribution >= 0.6 is 11.6 Å². The van der Waals surface area contributed by atoms with Gasteiger partial charge in [0.15, 0.2) is 0 Å². The second-order valence-corrected chi connectivity index (χ2v) is 5.59. The van der Waals surface area contributed by atoms with Gasteiger partial charge in [0.1, 0.15) is 5.75 Å². The lowest BCUT2D eigenvalue weighted by molar-refractivity contribution is 0.102. The van der Waals surface area contributed by atoms with Gasteiger partial charge in [-0.15, -0.1) is 0 Å². The van der Waals surface area contributed by atoms with Crippen molar-refractivity contribution in [2.75, 3.05) is 12.4 Å². The molecule has 1 N–H and O–H groups in total. The van der Waals surface area contributed by atoms with Gasteiger partial charge < -0.3 is 10.1 Å². The molecule has 0 atom stereocenters. The molecular weight excluding hydrogens is 324 g/mol. The second kappa shape index (κ2) is 7.15. The number of ether oxygens (including phenoxy) is 1. The van der Waals surface area contributed by atoms with E-state index in [9.17, 15) is 4.79 Å². The van der Waals surface area contributed by atoms with Crippen LogP contribution in [-0.2, 0) is 0 Å². The van der Waals surface area contributed by atoms with Crippen molar-refractivity contribution in [1.82, 2.24) is 4.98 Å². The minimum absolute atomic E-state index is 0.236. The standard InChI is InChI=1S/C19H15ClN2O2/c1-24-18-7-5-13(6-8-18)14-9-15(12-21-11-14)19(23)22-17-4-2-3-16(20)10-17/h2-12H,1H3,(H,22,23). The molecule has 120 valence electrons. The van der Waals surface area contributed by atoms with E-state index in [1.807, 2.05) is 24.3 Å². The number of aromatic nitrogens is 1. The Hall–Kier alpha value is -2.85. The Labute approximate surface area is 145 Å². The lowest BCUT2D eigenvalue weighted by atomic mass is 10.1. The molecule has 0 bridgehead atoms. The molecule has 4 nitrogen and oxygen atoms in total. The molecule has 0 saturated carbocycles. The van der Waals surface area contributed by atoms with E-state index in [2.05, 4.69) is 10.3 Å².